The molecule has 1 unspecified atom stereocenters. The Morgan fingerprint density at radius 1 is 1.53 bits per heavy atom. The number of hydrogen-bond donors (Lipinski definition) is 2. The smallest absolute Gasteiger partial charge is 0.243 e. The zero-order valence-electron chi connectivity index (χ0n) is 10.5. The second-order valence-electron chi connectivity index (χ2n) is 4.83. The summed E-state index contributed by atoms with van der Waals surface area (Å²) >= 11 is 0. The van der Waals surface area contributed by atoms with Gasteiger partial charge in [0.15, 0.2) is 0 Å². The summed E-state index contributed by atoms with van der Waals surface area (Å²) in [6.07, 6.45) is 0.614. The molecule has 0 saturated carbocycles. The Bertz CT molecular complexity index is 628. The summed E-state index contributed by atoms with van der Waals surface area (Å²) in [7, 11) is -3.72. The molecule has 1 heterocycles. The summed E-state index contributed by atoms with van der Waals surface area (Å²) in [5, 5.41) is 8.74. The summed E-state index contributed by atoms with van der Waals surface area (Å²) in [5.74, 6) is 0. The first kappa shape index (κ1) is 13.8. The monoisotopic (exact) mass is 281 g/mol. The summed E-state index contributed by atoms with van der Waals surface area (Å²) in [4.78, 5) is -0.0142. The van der Waals surface area contributed by atoms with Gasteiger partial charge in [0.05, 0.1) is 29.5 Å². The third-order valence-electron chi connectivity index (χ3n) is 3.03. The van der Waals surface area contributed by atoms with Gasteiger partial charge in [0.1, 0.15) is 4.90 Å². The molecule has 6 nitrogen and oxygen atoms in total. The number of nitrogens with one attached hydrogen (secondary N) is 1. The molecule has 7 heteroatoms. The molecule has 19 heavy (non-hydrogen) atoms. The van der Waals surface area contributed by atoms with Crippen molar-refractivity contribution in [3.8, 4) is 6.07 Å². The van der Waals surface area contributed by atoms with Crippen LogP contribution in [-0.2, 0) is 14.8 Å². The molecule has 2 rings (SSSR count). The Hall–Kier alpha value is -1.62. The molecule has 0 bridgehead atoms. The fraction of sp³-hybridized carbons (Fsp3) is 0.417. The highest BCUT2D eigenvalue weighted by atomic mass is 32.2. The van der Waals surface area contributed by atoms with E-state index in [-0.39, 0.29) is 10.6 Å². The van der Waals surface area contributed by atoms with Crippen LogP contribution in [0.1, 0.15) is 18.9 Å². The number of nitriles is 1. The molecular formula is C12H15N3O3S. The lowest BCUT2D eigenvalue weighted by molar-refractivity contribution is 0.178. The second kappa shape index (κ2) is 4.81. The summed E-state index contributed by atoms with van der Waals surface area (Å²) in [5.41, 5.74) is 5.48. The Kier molecular flexibility index (Phi) is 3.49. The molecule has 0 amide bonds. The maximum Gasteiger partial charge on any atom is 0.243 e. The lowest BCUT2D eigenvalue weighted by Gasteiger charge is -2.23. The molecular weight excluding hydrogens is 266 g/mol. The third kappa shape index (κ3) is 2.87. The van der Waals surface area contributed by atoms with E-state index < -0.39 is 15.6 Å². The zero-order chi connectivity index (χ0) is 14.1. The molecule has 1 aromatic carbocycles. The largest absolute Gasteiger partial charge is 0.398 e. The first-order valence-corrected chi connectivity index (χ1v) is 7.26. The number of ether oxygens (including phenoxy) is 1. The highest BCUT2D eigenvalue weighted by Gasteiger charge is 2.35. The number of nitrogens with two attached hydrogens (primary N) is 1. The van der Waals surface area contributed by atoms with Crippen molar-refractivity contribution in [2.75, 3.05) is 18.9 Å². The Morgan fingerprint density at radius 2 is 2.26 bits per heavy atom. The van der Waals surface area contributed by atoms with E-state index in [0.717, 1.165) is 0 Å². The van der Waals surface area contributed by atoms with E-state index in [4.69, 9.17) is 15.7 Å². The van der Waals surface area contributed by atoms with Crippen molar-refractivity contribution in [1.82, 2.24) is 4.72 Å². The number of nitrogens with zero attached hydrogens (tertiary/aromatic N) is 1. The maximum atomic E-state index is 12.3. The minimum absolute atomic E-state index is 0.0142. The van der Waals surface area contributed by atoms with Gasteiger partial charge in [-0.1, -0.05) is 0 Å². The standard InChI is InChI=1S/C12H15N3O3S/c1-12(4-5-18-8-12)15-19(16,17)11-3-2-9(7-13)6-10(11)14/h2-3,6,15H,4-5,8,14H2,1H3. The molecule has 1 aromatic rings. The van der Waals surface area contributed by atoms with Crippen molar-refractivity contribution < 1.29 is 13.2 Å². The first-order valence-electron chi connectivity index (χ1n) is 5.78. The van der Waals surface area contributed by atoms with Gasteiger partial charge >= 0.3 is 0 Å². The van der Waals surface area contributed by atoms with Crippen LogP contribution in [0.25, 0.3) is 0 Å². The van der Waals surface area contributed by atoms with Gasteiger partial charge in [0, 0.05) is 6.61 Å². The van der Waals surface area contributed by atoms with Gasteiger partial charge in [0.2, 0.25) is 10.0 Å². The number of sulfonamides is 1. The van der Waals surface area contributed by atoms with Crippen molar-refractivity contribution in [3.05, 3.63) is 23.8 Å². The van der Waals surface area contributed by atoms with Gasteiger partial charge in [-0.05, 0) is 31.5 Å². The molecule has 1 aliphatic heterocycles. The second-order valence-corrected chi connectivity index (χ2v) is 6.48. The minimum Gasteiger partial charge on any atom is -0.398 e. The quantitative estimate of drug-likeness (QED) is 0.789. The van der Waals surface area contributed by atoms with Gasteiger partial charge in [-0.25, -0.2) is 13.1 Å². The van der Waals surface area contributed by atoms with Crippen molar-refractivity contribution >= 4 is 15.7 Å². The van der Waals surface area contributed by atoms with E-state index >= 15 is 0 Å². The van der Waals surface area contributed by atoms with E-state index in [1.54, 1.807) is 6.92 Å². The molecule has 1 fully saturated rings. The number of rotatable bonds is 3. The highest BCUT2D eigenvalue weighted by Crippen LogP contribution is 2.24. The Labute approximate surface area is 112 Å². The average Bonchev–Trinajstić information content (AvgIpc) is 2.74. The van der Waals surface area contributed by atoms with Crippen LogP contribution in [0.4, 0.5) is 5.69 Å². The molecule has 3 N–H and O–H groups in total. The van der Waals surface area contributed by atoms with Crippen LogP contribution >= 0.6 is 0 Å². The SMILES string of the molecule is CC1(NS(=O)(=O)c2ccc(C#N)cc2N)CCOC1. The van der Waals surface area contributed by atoms with Gasteiger partial charge < -0.3 is 10.5 Å². The predicted molar refractivity (Wildman–Crippen MR) is 69.7 cm³/mol. The summed E-state index contributed by atoms with van der Waals surface area (Å²) < 4.78 is 32.4. The molecule has 0 aliphatic carbocycles. The van der Waals surface area contributed by atoms with Crippen molar-refractivity contribution in [2.45, 2.75) is 23.8 Å². The zero-order valence-corrected chi connectivity index (χ0v) is 11.3. The van der Waals surface area contributed by atoms with E-state index in [9.17, 15) is 8.42 Å². The molecule has 1 saturated heterocycles. The summed E-state index contributed by atoms with van der Waals surface area (Å²) in [6.45, 7) is 2.65. The van der Waals surface area contributed by atoms with Crippen LogP contribution in [0.3, 0.4) is 0 Å². The Balaban J connectivity index is 2.32. The molecule has 1 atom stereocenters. The van der Waals surface area contributed by atoms with Gasteiger partial charge in [-0.15, -0.1) is 0 Å². The van der Waals surface area contributed by atoms with Gasteiger partial charge in [-0.2, -0.15) is 5.26 Å². The van der Waals surface area contributed by atoms with E-state index in [1.165, 1.54) is 18.2 Å². The van der Waals surface area contributed by atoms with Crippen molar-refractivity contribution in [2.24, 2.45) is 0 Å². The fourth-order valence-corrected chi connectivity index (χ4v) is 3.53. The predicted octanol–water partition coefficient (Wildman–Crippen LogP) is 0.598. The summed E-state index contributed by atoms with van der Waals surface area (Å²) in [6, 6.07) is 6.03. The van der Waals surface area contributed by atoms with Gasteiger partial charge in [0.25, 0.3) is 0 Å². The highest BCUT2D eigenvalue weighted by molar-refractivity contribution is 7.89. The van der Waals surface area contributed by atoms with E-state index in [2.05, 4.69) is 4.72 Å². The fourth-order valence-electron chi connectivity index (χ4n) is 1.99. The number of benzene rings is 1. The number of nitrogen functional groups attached to an aromatic ring is 1. The van der Waals surface area contributed by atoms with E-state index in [0.29, 0.717) is 25.2 Å². The Morgan fingerprint density at radius 3 is 2.79 bits per heavy atom. The molecule has 0 aromatic heterocycles. The maximum absolute atomic E-state index is 12.3. The van der Waals surface area contributed by atoms with Crippen LogP contribution in [0.2, 0.25) is 0 Å². The van der Waals surface area contributed by atoms with E-state index in [1.807, 2.05) is 6.07 Å². The number of hydrogen-bond acceptors (Lipinski definition) is 5. The lowest BCUT2D eigenvalue weighted by atomic mass is 10.0. The van der Waals surface area contributed by atoms with Crippen LogP contribution in [0.5, 0.6) is 0 Å². The normalized spacial score (nSPS) is 23.2. The van der Waals surface area contributed by atoms with Crippen LogP contribution in [0.15, 0.2) is 23.1 Å². The van der Waals surface area contributed by atoms with Gasteiger partial charge in [-0.3, -0.25) is 0 Å². The first-order chi connectivity index (χ1) is 8.86. The third-order valence-corrected chi connectivity index (χ3v) is 4.74. The minimum atomic E-state index is -3.72. The molecule has 102 valence electrons. The molecule has 0 radical (unpaired) electrons. The van der Waals surface area contributed by atoms with Crippen LogP contribution in [-0.4, -0.2) is 27.2 Å². The topological polar surface area (TPSA) is 105 Å². The van der Waals surface area contributed by atoms with Crippen molar-refractivity contribution in [3.63, 3.8) is 0 Å². The van der Waals surface area contributed by atoms with Crippen molar-refractivity contribution in [1.29, 1.82) is 5.26 Å². The van der Waals surface area contributed by atoms with Crippen LogP contribution in [0, 0.1) is 11.3 Å². The molecule has 1 aliphatic rings. The van der Waals surface area contributed by atoms with Crippen LogP contribution < -0.4 is 10.5 Å². The lowest BCUT2D eigenvalue weighted by Crippen LogP contribution is -2.46. The average molecular weight is 281 g/mol. The number of anilines is 1. The molecule has 0 spiro atoms.